The standard InChI is InChI=1S/C13H15F3N2O3/c1-2-7(3-12(19)20)6-17-13(21)18-11-5-9(15)8(14)4-10(11)16/h4-5,7H,2-3,6H2,1H3,(H,19,20)(H2,17,18,21). The van der Waals surface area contributed by atoms with E-state index >= 15 is 0 Å². The van der Waals surface area contributed by atoms with Crippen molar-refractivity contribution in [3.8, 4) is 0 Å². The number of amides is 2. The number of aliphatic carboxylic acids is 1. The van der Waals surface area contributed by atoms with Crippen molar-refractivity contribution in [1.29, 1.82) is 0 Å². The van der Waals surface area contributed by atoms with Crippen molar-refractivity contribution in [3.05, 3.63) is 29.6 Å². The van der Waals surface area contributed by atoms with Crippen LogP contribution in [0.1, 0.15) is 19.8 Å². The number of hydrogen-bond acceptors (Lipinski definition) is 2. The first-order chi connectivity index (χ1) is 9.83. The van der Waals surface area contributed by atoms with Gasteiger partial charge in [0.15, 0.2) is 11.6 Å². The second kappa shape index (κ2) is 7.51. The Balaban J connectivity index is 2.58. The van der Waals surface area contributed by atoms with E-state index in [2.05, 4.69) is 5.32 Å². The van der Waals surface area contributed by atoms with Crippen LogP contribution in [0.2, 0.25) is 0 Å². The molecule has 0 aliphatic carbocycles. The molecule has 8 heteroatoms. The fourth-order valence-electron chi connectivity index (χ4n) is 1.63. The van der Waals surface area contributed by atoms with Gasteiger partial charge in [-0.3, -0.25) is 4.79 Å². The number of halogens is 3. The molecule has 0 saturated carbocycles. The predicted molar refractivity (Wildman–Crippen MR) is 69.4 cm³/mol. The molecule has 0 heterocycles. The van der Waals surface area contributed by atoms with Crippen molar-refractivity contribution in [3.63, 3.8) is 0 Å². The lowest BCUT2D eigenvalue weighted by molar-refractivity contribution is -0.138. The fourth-order valence-corrected chi connectivity index (χ4v) is 1.63. The largest absolute Gasteiger partial charge is 0.481 e. The van der Waals surface area contributed by atoms with Crippen molar-refractivity contribution in [2.24, 2.45) is 5.92 Å². The minimum absolute atomic E-state index is 0.0694. The monoisotopic (exact) mass is 304 g/mol. The van der Waals surface area contributed by atoms with Crippen LogP contribution in [-0.4, -0.2) is 23.7 Å². The number of carboxylic acid groups (broad SMARTS) is 1. The second-order valence-electron chi connectivity index (χ2n) is 4.45. The molecular weight excluding hydrogens is 289 g/mol. The zero-order valence-corrected chi connectivity index (χ0v) is 11.3. The van der Waals surface area contributed by atoms with Crippen LogP contribution in [0.4, 0.5) is 23.7 Å². The van der Waals surface area contributed by atoms with Crippen LogP contribution < -0.4 is 10.6 Å². The van der Waals surface area contributed by atoms with Gasteiger partial charge >= 0.3 is 12.0 Å². The van der Waals surface area contributed by atoms with E-state index in [4.69, 9.17) is 5.11 Å². The molecule has 1 aromatic carbocycles. The van der Waals surface area contributed by atoms with Crippen LogP contribution in [0.15, 0.2) is 12.1 Å². The maximum Gasteiger partial charge on any atom is 0.319 e. The molecule has 21 heavy (non-hydrogen) atoms. The Hall–Kier alpha value is -2.25. The lowest BCUT2D eigenvalue weighted by atomic mass is 10.0. The van der Waals surface area contributed by atoms with Crippen LogP contribution in [0.3, 0.4) is 0 Å². The van der Waals surface area contributed by atoms with E-state index in [0.717, 1.165) is 0 Å². The topological polar surface area (TPSA) is 78.4 Å². The van der Waals surface area contributed by atoms with Gasteiger partial charge in [0.25, 0.3) is 0 Å². The second-order valence-corrected chi connectivity index (χ2v) is 4.45. The average molecular weight is 304 g/mol. The zero-order valence-electron chi connectivity index (χ0n) is 11.3. The maximum atomic E-state index is 13.3. The van der Waals surface area contributed by atoms with Gasteiger partial charge in [-0.1, -0.05) is 13.3 Å². The van der Waals surface area contributed by atoms with Gasteiger partial charge in [0, 0.05) is 25.1 Å². The predicted octanol–water partition coefficient (Wildman–Crippen LogP) is 2.73. The molecule has 3 N–H and O–H groups in total. The first-order valence-corrected chi connectivity index (χ1v) is 6.24. The summed E-state index contributed by atoms with van der Waals surface area (Å²) in [6.07, 6.45) is 0.419. The highest BCUT2D eigenvalue weighted by molar-refractivity contribution is 5.89. The Bertz CT molecular complexity index is 538. The van der Waals surface area contributed by atoms with Gasteiger partial charge in [0.05, 0.1) is 5.69 Å². The molecule has 1 rings (SSSR count). The lowest BCUT2D eigenvalue weighted by Gasteiger charge is -2.14. The van der Waals surface area contributed by atoms with Crippen molar-refractivity contribution in [2.45, 2.75) is 19.8 Å². The van der Waals surface area contributed by atoms with E-state index in [1.807, 2.05) is 5.32 Å². The Kier molecular flexibility index (Phi) is 6.01. The number of carbonyl (C=O) groups is 2. The number of benzene rings is 1. The van der Waals surface area contributed by atoms with E-state index in [-0.39, 0.29) is 18.9 Å². The van der Waals surface area contributed by atoms with Crippen LogP contribution in [-0.2, 0) is 4.79 Å². The van der Waals surface area contributed by atoms with E-state index in [1.165, 1.54) is 0 Å². The number of hydrogen-bond donors (Lipinski definition) is 3. The van der Waals surface area contributed by atoms with Crippen LogP contribution >= 0.6 is 0 Å². The summed E-state index contributed by atoms with van der Waals surface area (Å²) in [5.74, 6) is -5.02. The third kappa shape index (κ3) is 5.33. The molecule has 1 atom stereocenters. The van der Waals surface area contributed by atoms with Gasteiger partial charge in [-0.15, -0.1) is 0 Å². The number of urea groups is 1. The SMILES string of the molecule is CCC(CNC(=O)Nc1cc(F)c(F)cc1F)CC(=O)O. The third-order valence-electron chi connectivity index (χ3n) is 2.85. The number of carbonyl (C=O) groups excluding carboxylic acids is 1. The summed E-state index contributed by atoms with van der Waals surface area (Å²) >= 11 is 0. The van der Waals surface area contributed by atoms with Gasteiger partial charge < -0.3 is 15.7 Å². The molecular formula is C13H15F3N2O3. The minimum atomic E-state index is -1.36. The van der Waals surface area contributed by atoms with Crippen LogP contribution in [0.25, 0.3) is 0 Å². The van der Waals surface area contributed by atoms with Gasteiger partial charge in [-0.05, 0) is 5.92 Å². The molecule has 0 fully saturated rings. The highest BCUT2D eigenvalue weighted by Crippen LogP contribution is 2.18. The summed E-state index contributed by atoms with van der Waals surface area (Å²) in [4.78, 5) is 22.1. The molecule has 0 saturated heterocycles. The summed E-state index contributed by atoms with van der Waals surface area (Å²) in [5.41, 5.74) is -0.502. The maximum absolute atomic E-state index is 13.3. The Labute approximate surface area is 119 Å². The number of anilines is 1. The van der Waals surface area contributed by atoms with Crippen LogP contribution in [0.5, 0.6) is 0 Å². The van der Waals surface area contributed by atoms with Gasteiger partial charge in [0.1, 0.15) is 5.82 Å². The summed E-state index contributed by atoms with van der Waals surface area (Å²) < 4.78 is 39.0. The highest BCUT2D eigenvalue weighted by atomic mass is 19.2. The van der Waals surface area contributed by atoms with Crippen molar-refractivity contribution >= 4 is 17.7 Å². The first-order valence-electron chi connectivity index (χ1n) is 6.24. The smallest absolute Gasteiger partial charge is 0.319 e. The molecule has 1 aromatic rings. The number of rotatable bonds is 6. The van der Waals surface area contributed by atoms with Gasteiger partial charge in [-0.2, -0.15) is 0 Å². The Morgan fingerprint density at radius 2 is 1.81 bits per heavy atom. The normalized spacial score (nSPS) is 11.8. The summed E-state index contributed by atoms with van der Waals surface area (Å²) in [5, 5.41) is 13.0. The Morgan fingerprint density at radius 1 is 1.19 bits per heavy atom. The lowest BCUT2D eigenvalue weighted by Crippen LogP contribution is -2.34. The highest BCUT2D eigenvalue weighted by Gasteiger charge is 2.15. The summed E-state index contributed by atoms with van der Waals surface area (Å²) in [6, 6.07) is 0.0204. The molecule has 116 valence electrons. The first kappa shape index (κ1) is 16.8. The quantitative estimate of drug-likeness (QED) is 0.707. The summed E-state index contributed by atoms with van der Waals surface area (Å²) in [6.45, 7) is 1.84. The van der Waals surface area contributed by atoms with E-state index < -0.39 is 35.1 Å². The number of carboxylic acids is 1. The molecule has 2 amide bonds. The fraction of sp³-hybridized carbons (Fsp3) is 0.385. The number of nitrogens with one attached hydrogen (secondary N) is 2. The molecule has 0 aliphatic heterocycles. The molecule has 0 spiro atoms. The third-order valence-corrected chi connectivity index (χ3v) is 2.85. The zero-order chi connectivity index (χ0) is 16.0. The van der Waals surface area contributed by atoms with Crippen molar-refractivity contribution in [1.82, 2.24) is 5.32 Å². The Morgan fingerprint density at radius 3 is 2.38 bits per heavy atom. The van der Waals surface area contributed by atoms with E-state index in [0.29, 0.717) is 18.6 Å². The average Bonchev–Trinajstić information content (AvgIpc) is 2.40. The molecule has 1 unspecified atom stereocenters. The van der Waals surface area contributed by atoms with Crippen LogP contribution in [0, 0.1) is 23.4 Å². The van der Waals surface area contributed by atoms with E-state index in [1.54, 1.807) is 6.92 Å². The summed E-state index contributed by atoms with van der Waals surface area (Å²) in [7, 11) is 0. The van der Waals surface area contributed by atoms with Crippen molar-refractivity contribution < 1.29 is 27.9 Å². The van der Waals surface area contributed by atoms with Gasteiger partial charge in [0.2, 0.25) is 0 Å². The molecule has 0 aliphatic rings. The molecule has 5 nitrogen and oxygen atoms in total. The van der Waals surface area contributed by atoms with E-state index in [9.17, 15) is 22.8 Å². The van der Waals surface area contributed by atoms with Crippen molar-refractivity contribution in [2.75, 3.05) is 11.9 Å². The molecule has 0 aromatic heterocycles. The van der Waals surface area contributed by atoms with Gasteiger partial charge in [-0.25, -0.2) is 18.0 Å². The minimum Gasteiger partial charge on any atom is -0.481 e. The molecule has 0 radical (unpaired) electrons. The molecule has 0 bridgehead atoms.